The Morgan fingerprint density at radius 1 is 1.14 bits per heavy atom. The van der Waals surface area contributed by atoms with Crippen LogP contribution in [0.25, 0.3) is 11.6 Å². The Labute approximate surface area is 132 Å². The Morgan fingerprint density at radius 2 is 1.86 bits per heavy atom. The average Bonchev–Trinajstić information content (AvgIpc) is 2.46. The number of methoxy groups -OCH3 is 1. The molecule has 0 aliphatic heterocycles. The third kappa shape index (κ3) is 3.57. The van der Waals surface area contributed by atoms with E-state index in [9.17, 15) is 9.90 Å². The Bertz CT molecular complexity index is 708. The number of hydrogen-bond donors (Lipinski definition) is 1. The number of carboxylic acids is 1. The molecule has 2 aromatic carbocycles. The molecule has 0 atom stereocenters. The maximum Gasteiger partial charge on any atom is 0.336 e. The van der Waals surface area contributed by atoms with Crippen LogP contribution < -0.4 is 4.74 Å². The van der Waals surface area contributed by atoms with Gasteiger partial charge in [-0.15, -0.1) is 0 Å². The van der Waals surface area contributed by atoms with Crippen molar-refractivity contribution in [2.24, 2.45) is 0 Å². The van der Waals surface area contributed by atoms with Crippen LogP contribution in [0.4, 0.5) is 0 Å². The van der Waals surface area contributed by atoms with Gasteiger partial charge in [-0.05, 0) is 35.4 Å². The Hall–Kier alpha value is -1.97. The van der Waals surface area contributed by atoms with Crippen LogP contribution in [-0.4, -0.2) is 18.2 Å². The molecule has 2 aromatic rings. The van der Waals surface area contributed by atoms with Crippen LogP contribution in [0, 0.1) is 0 Å². The minimum atomic E-state index is -1.06. The van der Waals surface area contributed by atoms with E-state index in [0.29, 0.717) is 26.9 Å². The summed E-state index contributed by atoms with van der Waals surface area (Å²) < 4.78 is 5.06. The smallest absolute Gasteiger partial charge is 0.336 e. The molecule has 0 bridgehead atoms. The first kappa shape index (κ1) is 15.4. The molecule has 0 saturated heterocycles. The van der Waals surface area contributed by atoms with Gasteiger partial charge in [-0.25, -0.2) is 4.79 Å². The first-order valence-corrected chi connectivity index (χ1v) is 6.82. The quantitative estimate of drug-likeness (QED) is 0.659. The topological polar surface area (TPSA) is 46.5 Å². The van der Waals surface area contributed by atoms with Crippen molar-refractivity contribution in [3.63, 3.8) is 0 Å². The maximum absolute atomic E-state index is 11.5. The zero-order valence-corrected chi connectivity index (χ0v) is 12.7. The maximum atomic E-state index is 11.5. The van der Waals surface area contributed by atoms with E-state index >= 15 is 0 Å². The van der Waals surface area contributed by atoms with Crippen molar-refractivity contribution in [1.29, 1.82) is 0 Å². The number of halogens is 2. The lowest BCUT2D eigenvalue weighted by molar-refractivity contribution is -0.130. The highest BCUT2D eigenvalue weighted by Crippen LogP contribution is 2.30. The molecule has 0 amide bonds. The number of hydrogen-bond acceptors (Lipinski definition) is 2. The van der Waals surface area contributed by atoms with Crippen LogP contribution in [0.15, 0.2) is 42.5 Å². The lowest BCUT2D eigenvalue weighted by Gasteiger charge is -2.08. The monoisotopic (exact) mass is 322 g/mol. The highest BCUT2D eigenvalue weighted by atomic mass is 35.5. The lowest BCUT2D eigenvalue weighted by atomic mass is 10.0. The van der Waals surface area contributed by atoms with Crippen LogP contribution in [0.2, 0.25) is 10.0 Å². The molecule has 0 spiro atoms. The molecule has 0 fully saturated rings. The third-order valence-corrected chi connectivity index (χ3v) is 3.54. The number of carboxylic acid groups (broad SMARTS) is 1. The second-order valence-electron chi connectivity index (χ2n) is 4.23. The summed E-state index contributed by atoms with van der Waals surface area (Å²) in [5, 5.41) is 10.2. The van der Waals surface area contributed by atoms with Gasteiger partial charge in [0.2, 0.25) is 0 Å². The van der Waals surface area contributed by atoms with Crippen molar-refractivity contribution in [3.05, 3.63) is 63.6 Å². The van der Waals surface area contributed by atoms with Crippen molar-refractivity contribution in [1.82, 2.24) is 0 Å². The van der Waals surface area contributed by atoms with Gasteiger partial charge in [0, 0.05) is 5.02 Å². The first-order chi connectivity index (χ1) is 10.0. The van der Waals surface area contributed by atoms with Crippen molar-refractivity contribution in [3.8, 4) is 5.75 Å². The zero-order valence-electron chi connectivity index (χ0n) is 11.1. The zero-order chi connectivity index (χ0) is 15.4. The fourth-order valence-electron chi connectivity index (χ4n) is 1.85. The minimum Gasteiger partial charge on any atom is -0.495 e. The number of carbonyl (C=O) groups is 1. The van der Waals surface area contributed by atoms with Crippen LogP contribution in [-0.2, 0) is 4.79 Å². The normalized spacial score (nSPS) is 11.3. The number of benzene rings is 2. The molecule has 0 aliphatic rings. The number of ether oxygens (including phenoxy) is 1. The Morgan fingerprint density at radius 3 is 2.43 bits per heavy atom. The predicted molar refractivity (Wildman–Crippen MR) is 85.0 cm³/mol. The molecule has 0 unspecified atom stereocenters. The molecule has 3 nitrogen and oxygen atoms in total. The highest BCUT2D eigenvalue weighted by Gasteiger charge is 2.13. The Balaban J connectivity index is 2.52. The van der Waals surface area contributed by atoms with Gasteiger partial charge >= 0.3 is 5.97 Å². The molecular formula is C16H12Cl2O3. The fourth-order valence-corrected chi connectivity index (χ4v) is 2.30. The summed E-state index contributed by atoms with van der Waals surface area (Å²) in [6.45, 7) is 0. The average molecular weight is 323 g/mol. The summed E-state index contributed by atoms with van der Waals surface area (Å²) in [5.74, 6) is -0.570. The summed E-state index contributed by atoms with van der Waals surface area (Å²) in [6.07, 6.45) is 1.52. The molecule has 108 valence electrons. The van der Waals surface area contributed by atoms with Gasteiger partial charge in [-0.1, -0.05) is 47.5 Å². The molecule has 0 heterocycles. The first-order valence-electron chi connectivity index (χ1n) is 6.06. The molecule has 1 N–H and O–H groups in total. The molecule has 0 aliphatic carbocycles. The van der Waals surface area contributed by atoms with E-state index in [4.69, 9.17) is 27.9 Å². The van der Waals surface area contributed by atoms with E-state index in [1.165, 1.54) is 13.2 Å². The summed E-state index contributed by atoms with van der Waals surface area (Å²) >= 11 is 12.1. The van der Waals surface area contributed by atoms with Gasteiger partial charge in [0.15, 0.2) is 0 Å². The summed E-state index contributed by atoms with van der Waals surface area (Å²) in [6, 6.07) is 11.8. The summed E-state index contributed by atoms with van der Waals surface area (Å²) in [5.41, 5.74) is 1.21. The third-order valence-electron chi connectivity index (χ3n) is 2.90. The van der Waals surface area contributed by atoms with Gasteiger partial charge in [0.05, 0.1) is 17.7 Å². The lowest BCUT2D eigenvalue weighted by Crippen LogP contribution is -2.00. The molecule has 0 radical (unpaired) electrons. The van der Waals surface area contributed by atoms with Crippen molar-refractivity contribution in [2.45, 2.75) is 0 Å². The number of aliphatic carboxylic acids is 1. The van der Waals surface area contributed by atoms with Crippen LogP contribution in [0.1, 0.15) is 11.1 Å². The number of rotatable bonds is 4. The van der Waals surface area contributed by atoms with Crippen molar-refractivity contribution >= 4 is 40.8 Å². The molecular weight excluding hydrogens is 311 g/mol. The van der Waals surface area contributed by atoms with E-state index in [1.54, 1.807) is 42.5 Å². The minimum absolute atomic E-state index is 0.104. The molecule has 21 heavy (non-hydrogen) atoms. The highest BCUT2D eigenvalue weighted by molar-refractivity contribution is 6.34. The van der Waals surface area contributed by atoms with Crippen LogP contribution in [0.5, 0.6) is 5.75 Å². The van der Waals surface area contributed by atoms with E-state index in [0.717, 1.165) is 0 Å². The van der Waals surface area contributed by atoms with Gasteiger partial charge in [0.1, 0.15) is 5.75 Å². The fraction of sp³-hybridized carbons (Fsp3) is 0.0625. The summed E-state index contributed by atoms with van der Waals surface area (Å²) in [4.78, 5) is 11.5. The predicted octanol–water partition coefficient (Wildman–Crippen LogP) is 4.63. The van der Waals surface area contributed by atoms with Crippen molar-refractivity contribution < 1.29 is 14.6 Å². The van der Waals surface area contributed by atoms with Crippen LogP contribution in [0.3, 0.4) is 0 Å². The van der Waals surface area contributed by atoms with Gasteiger partial charge in [-0.3, -0.25) is 0 Å². The second-order valence-corrected chi connectivity index (χ2v) is 5.05. The van der Waals surface area contributed by atoms with E-state index in [2.05, 4.69) is 0 Å². The van der Waals surface area contributed by atoms with Gasteiger partial charge in [0.25, 0.3) is 0 Å². The van der Waals surface area contributed by atoms with Crippen molar-refractivity contribution in [2.75, 3.05) is 7.11 Å². The molecule has 0 aromatic heterocycles. The molecule has 0 saturated carbocycles. The molecule has 2 rings (SSSR count). The SMILES string of the molecule is COc1ccc(/C(=C/c2ccccc2Cl)C(=O)O)cc1Cl. The summed E-state index contributed by atoms with van der Waals surface area (Å²) in [7, 11) is 1.50. The largest absolute Gasteiger partial charge is 0.495 e. The molecule has 5 heteroatoms. The van der Waals surface area contributed by atoms with E-state index < -0.39 is 5.97 Å². The van der Waals surface area contributed by atoms with Gasteiger partial charge in [-0.2, -0.15) is 0 Å². The standard InChI is InChI=1S/C16H12Cl2O3/c1-21-15-7-6-10(9-14(15)18)12(16(19)20)8-11-4-2-3-5-13(11)17/h2-9H,1H3,(H,19,20)/b12-8-. The van der Waals surface area contributed by atoms with Crippen LogP contribution >= 0.6 is 23.2 Å². The Kier molecular flexibility index (Phi) is 4.89. The second kappa shape index (κ2) is 6.66. The van der Waals surface area contributed by atoms with Gasteiger partial charge < -0.3 is 9.84 Å². The van der Waals surface area contributed by atoms with E-state index in [-0.39, 0.29) is 5.57 Å². The van der Waals surface area contributed by atoms with E-state index in [1.807, 2.05) is 0 Å².